The Labute approximate surface area is 193 Å². The highest BCUT2D eigenvalue weighted by molar-refractivity contribution is 7.97. The van der Waals surface area contributed by atoms with Crippen LogP contribution in [0.1, 0.15) is 38.1 Å². The average Bonchev–Trinajstić information content (AvgIpc) is 2.76. The maximum absolute atomic E-state index is 12.8. The highest BCUT2D eigenvalue weighted by Crippen LogP contribution is 2.22. The second-order valence-corrected chi connectivity index (χ2v) is 9.57. The van der Waals surface area contributed by atoms with Crippen LogP contribution in [0.15, 0.2) is 71.9 Å². The van der Waals surface area contributed by atoms with E-state index in [2.05, 4.69) is 15.8 Å². The summed E-state index contributed by atoms with van der Waals surface area (Å²) >= 11 is 1.49. The van der Waals surface area contributed by atoms with Crippen LogP contribution in [0.3, 0.4) is 0 Å². The Morgan fingerprint density at radius 3 is 2.56 bits per heavy atom. The number of Topliss-reactive ketones (excluding diaryl/α,β-unsaturated/α-hetero) is 1. The van der Waals surface area contributed by atoms with Gasteiger partial charge in [-0.05, 0) is 63.2 Å². The Morgan fingerprint density at radius 2 is 1.84 bits per heavy atom. The molecule has 0 saturated heterocycles. The summed E-state index contributed by atoms with van der Waals surface area (Å²) in [6, 6.07) is 17.0. The van der Waals surface area contributed by atoms with Gasteiger partial charge in [0.1, 0.15) is 5.60 Å². The van der Waals surface area contributed by atoms with Crippen molar-refractivity contribution in [3.63, 3.8) is 0 Å². The molecule has 0 spiro atoms. The van der Waals surface area contributed by atoms with Crippen LogP contribution in [-0.4, -0.2) is 46.5 Å². The molecule has 1 amide bonds. The lowest BCUT2D eigenvalue weighted by Crippen LogP contribution is -2.45. The molecule has 3 aromatic rings. The monoisotopic (exact) mass is 451 g/mol. The van der Waals surface area contributed by atoms with E-state index in [0.29, 0.717) is 12.1 Å². The first-order valence-corrected chi connectivity index (χ1v) is 11.4. The minimum Gasteiger partial charge on any atom is -0.444 e. The van der Waals surface area contributed by atoms with E-state index in [4.69, 9.17) is 4.74 Å². The van der Waals surface area contributed by atoms with Crippen molar-refractivity contribution in [1.29, 1.82) is 0 Å². The lowest BCUT2D eigenvalue weighted by atomic mass is 10.1. The molecule has 7 heteroatoms. The van der Waals surface area contributed by atoms with Crippen molar-refractivity contribution in [1.82, 2.24) is 14.6 Å². The first-order valence-electron chi connectivity index (χ1n) is 10.5. The number of hydrogen-bond donors (Lipinski definition) is 1. The van der Waals surface area contributed by atoms with Crippen LogP contribution in [0.2, 0.25) is 0 Å². The molecule has 1 heterocycles. The fourth-order valence-electron chi connectivity index (χ4n) is 3.08. The molecule has 0 fully saturated rings. The molecule has 168 valence electrons. The van der Waals surface area contributed by atoms with Gasteiger partial charge in [-0.2, -0.15) is 0 Å². The van der Waals surface area contributed by atoms with E-state index in [1.807, 2.05) is 70.3 Å². The zero-order valence-corrected chi connectivity index (χ0v) is 19.7. The number of ether oxygens (including phenoxy) is 1. The fraction of sp³-hybridized carbons (Fsp3) is 0.320. The molecule has 0 bridgehead atoms. The van der Waals surface area contributed by atoms with Gasteiger partial charge in [0.05, 0.1) is 6.54 Å². The summed E-state index contributed by atoms with van der Waals surface area (Å²) in [5.74, 6) is -0.126. The molecule has 1 aromatic heterocycles. The number of amides is 1. The fourth-order valence-corrected chi connectivity index (χ4v) is 3.81. The van der Waals surface area contributed by atoms with Gasteiger partial charge in [-0.25, -0.2) is 4.79 Å². The predicted octanol–water partition coefficient (Wildman–Crippen LogP) is 5.34. The summed E-state index contributed by atoms with van der Waals surface area (Å²) in [7, 11) is 0. The van der Waals surface area contributed by atoms with Crippen molar-refractivity contribution >= 4 is 34.6 Å². The molecule has 3 rings (SSSR count). The lowest BCUT2D eigenvalue weighted by Gasteiger charge is -2.29. The SMILES string of the molecule is C[C@H](CN(CC(=O)c1ccccc1)C(=O)OC(C)(C)C)NSc1ccc2cnccc2c1. The Morgan fingerprint density at radius 1 is 1.09 bits per heavy atom. The predicted molar refractivity (Wildman–Crippen MR) is 129 cm³/mol. The van der Waals surface area contributed by atoms with Gasteiger partial charge in [-0.3, -0.25) is 19.4 Å². The summed E-state index contributed by atoms with van der Waals surface area (Å²) in [5, 5.41) is 2.20. The van der Waals surface area contributed by atoms with Crippen LogP contribution in [0, 0.1) is 0 Å². The third kappa shape index (κ3) is 7.07. The standard InChI is InChI=1S/C25H29N3O3S/c1-18(27-32-22-11-10-21-15-26-13-12-20(21)14-22)16-28(24(30)31-25(2,3)4)17-23(29)19-8-6-5-7-9-19/h5-15,18,27H,16-17H2,1-4H3/t18-/m1/s1. The number of ketones is 1. The van der Waals surface area contributed by atoms with Gasteiger partial charge in [-0.15, -0.1) is 0 Å². The average molecular weight is 452 g/mol. The number of aromatic nitrogens is 1. The van der Waals surface area contributed by atoms with Crippen LogP contribution in [0.25, 0.3) is 10.8 Å². The van der Waals surface area contributed by atoms with Crippen molar-refractivity contribution in [2.45, 2.75) is 44.2 Å². The van der Waals surface area contributed by atoms with E-state index < -0.39 is 11.7 Å². The van der Waals surface area contributed by atoms with E-state index in [1.54, 1.807) is 18.3 Å². The summed E-state index contributed by atoms with van der Waals surface area (Å²) in [5.41, 5.74) is -0.0713. The molecular weight excluding hydrogens is 422 g/mol. The van der Waals surface area contributed by atoms with E-state index >= 15 is 0 Å². The molecule has 0 saturated carbocycles. The van der Waals surface area contributed by atoms with Crippen molar-refractivity contribution in [3.8, 4) is 0 Å². The Balaban J connectivity index is 1.65. The summed E-state index contributed by atoms with van der Waals surface area (Å²) in [6.07, 6.45) is 3.11. The number of pyridine rings is 1. The van der Waals surface area contributed by atoms with Crippen LogP contribution < -0.4 is 4.72 Å². The number of fused-ring (bicyclic) bond motifs is 1. The molecule has 0 aliphatic heterocycles. The van der Waals surface area contributed by atoms with Crippen molar-refractivity contribution < 1.29 is 14.3 Å². The first-order chi connectivity index (χ1) is 15.2. The number of carbonyl (C=O) groups is 2. The lowest BCUT2D eigenvalue weighted by molar-refractivity contribution is 0.0237. The number of hydrogen-bond acceptors (Lipinski definition) is 6. The summed E-state index contributed by atoms with van der Waals surface area (Å²) in [4.78, 5) is 32.2. The minimum atomic E-state index is -0.642. The molecule has 0 radical (unpaired) electrons. The van der Waals surface area contributed by atoms with Gasteiger partial charge in [0.25, 0.3) is 0 Å². The molecular formula is C25H29N3O3S. The zero-order chi connectivity index (χ0) is 23.1. The highest BCUT2D eigenvalue weighted by atomic mass is 32.2. The molecule has 1 atom stereocenters. The highest BCUT2D eigenvalue weighted by Gasteiger charge is 2.25. The largest absolute Gasteiger partial charge is 0.444 e. The Kier molecular flexibility index (Phi) is 7.88. The molecule has 0 unspecified atom stereocenters. The number of nitrogens with zero attached hydrogens (tertiary/aromatic N) is 2. The van der Waals surface area contributed by atoms with E-state index in [0.717, 1.165) is 15.7 Å². The Bertz CT molecular complexity index is 1070. The number of nitrogens with one attached hydrogen (secondary N) is 1. The van der Waals surface area contributed by atoms with E-state index in [1.165, 1.54) is 16.8 Å². The molecule has 1 N–H and O–H groups in total. The van der Waals surface area contributed by atoms with Gasteiger partial charge < -0.3 is 4.74 Å². The van der Waals surface area contributed by atoms with Crippen molar-refractivity contribution in [3.05, 3.63) is 72.6 Å². The topological polar surface area (TPSA) is 71.5 Å². The van der Waals surface area contributed by atoms with Crippen molar-refractivity contribution in [2.75, 3.05) is 13.1 Å². The van der Waals surface area contributed by atoms with Gasteiger partial charge in [0, 0.05) is 40.8 Å². The molecule has 0 aliphatic carbocycles. The quantitative estimate of drug-likeness (QED) is 0.368. The van der Waals surface area contributed by atoms with Crippen LogP contribution in [-0.2, 0) is 4.74 Å². The number of carbonyl (C=O) groups excluding carboxylic acids is 2. The number of benzene rings is 2. The minimum absolute atomic E-state index is 0.0431. The van der Waals surface area contributed by atoms with Crippen LogP contribution >= 0.6 is 11.9 Å². The molecule has 2 aromatic carbocycles. The van der Waals surface area contributed by atoms with Gasteiger partial charge in [0.15, 0.2) is 5.78 Å². The van der Waals surface area contributed by atoms with Crippen LogP contribution in [0.5, 0.6) is 0 Å². The normalized spacial score (nSPS) is 12.4. The van der Waals surface area contributed by atoms with Gasteiger partial charge >= 0.3 is 6.09 Å². The molecule has 6 nitrogen and oxygen atoms in total. The third-order valence-corrected chi connectivity index (χ3v) is 5.58. The third-order valence-electron chi connectivity index (χ3n) is 4.57. The zero-order valence-electron chi connectivity index (χ0n) is 18.9. The molecule has 32 heavy (non-hydrogen) atoms. The van der Waals surface area contributed by atoms with Crippen LogP contribution in [0.4, 0.5) is 4.79 Å². The second-order valence-electron chi connectivity index (χ2n) is 8.66. The summed E-state index contributed by atoms with van der Waals surface area (Å²) < 4.78 is 8.91. The first kappa shape index (κ1) is 23.8. The van der Waals surface area contributed by atoms with E-state index in [-0.39, 0.29) is 18.4 Å². The summed E-state index contributed by atoms with van der Waals surface area (Å²) in [6.45, 7) is 7.71. The smallest absolute Gasteiger partial charge is 0.410 e. The molecule has 0 aliphatic rings. The maximum atomic E-state index is 12.8. The Hall–Kier alpha value is -2.90. The van der Waals surface area contributed by atoms with E-state index in [9.17, 15) is 9.59 Å². The number of rotatable bonds is 8. The second kappa shape index (κ2) is 10.6. The van der Waals surface area contributed by atoms with Gasteiger partial charge in [-0.1, -0.05) is 36.4 Å². The van der Waals surface area contributed by atoms with Crippen molar-refractivity contribution in [2.24, 2.45) is 0 Å². The van der Waals surface area contributed by atoms with Gasteiger partial charge in [0.2, 0.25) is 0 Å². The maximum Gasteiger partial charge on any atom is 0.410 e.